The van der Waals surface area contributed by atoms with Gasteiger partial charge >= 0.3 is 0 Å². The lowest BCUT2D eigenvalue weighted by Crippen LogP contribution is -2.51. The normalized spacial score (nSPS) is 26.9. The van der Waals surface area contributed by atoms with Crippen molar-refractivity contribution in [2.45, 2.75) is 12.5 Å². The van der Waals surface area contributed by atoms with Crippen molar-refractivity contribution in [1.82, 2.24) is 14.9 Å². The Labute approximate surface area is 123 Å². The highest BCUT2D eigenvalue weighted by Crippen LogP contribution is 2.20. The highest BCUT2D eigenvalue weighted by atomic mass is 35.5. The molecule has 3 rings (SSSR count). The van der Waals surface area contributed by atoms with E-state index in [0.29, 0.717) is 22.5 Å². The predicted octanol–water partition coefficient (Wildman–Crippen LogP) is 0.439. The molecule has 0 N–H and O–H groups in total. The van der Waals surface area contributed by atoms with E-state index in [-0.39, 0.29) is 6.04 Å². The second-order valence-corrected chi connectivity index (χ2v) is 7.95. The SMILES string of the molecule is O=S1(=O)CCC(N2CCN(c3ncc(Cl)cn3)CC2)C1. The zero-order chi connectivity index (χ0) is 14.2. The Morgan fingerprint density at radius 2 is 1.80 bits per heavy atom. The first kappa shape index (κ1) is 14.0. The van der Waals surface area contributed by atoms with Crippen LogP contribution in [0.15, 0.2) is 12.4 Å². The summed E-state index contributed by atoms with van der Waals surface area (Å²) in [6.07, 6.45) is 3.96. The van der Waals surface area contributed by atoms with E-state index >= 15 is 0 Å². The Balaban J connectivity index is 1.58. The lowest BCUT2D eigenvalue weighted by atomic mass is 10.2. The maximum atomic E-state index is 11.5. The minimum absolute atomic E-state index is 0.188. The minimum atomic E-state index is -2.81. The van der Waals surface area contributed by atoms with Crippen LogP contribution in [0.25, 0.3) is 0 Å². The van der Waals surface area contributed by atoms with Crippen LogP contribution in [-0.2, 0) is 9.84 Å². The van der Waals surface area contributed by atoms with Gasteiger partial charge in [0.1, 0.15) is 0 Å². The summed E-state index contributed by atoms with van der Waals surface area (Å²) in [5.74, 6) is 1.33. The molecule has 2 aliphatic heterocycles. The van der Waals surface area contributed by atoms with Crippen LogP contribution in [0, 0.1) is 0 Å². The van der Waals surface area contributed by atoms with E-state index in [2.05, 4.69) is 19.8 Å². The molecular weight excluding hydrogens is 300 g/mol. The van der Waals surface area contributed by atoms with Gasteiger partial charge in [0, 0.05) is 32.2 Å². The molecule has 110 valence electrons. The molecule has 8 heteroatoms. The molecule has 1 aromatic rings. The molecule has 20 heavy (non-hydrogen) atoms. The highest BCUT2D eigenvalue weighted by molar-refractivity contribution is 7.91. The second kappa shape index (κ2) is 5.46. The molecule has 2 saturated heterocycles. The molecule has 2 aliphatic rings. The van der Waals surface area contributed by atoms with Crippen LogP contribution >= 0.6 is 11.6 Å². The molecule has 0 radical (unpaired) electrons. The monoisotopic (exact) mass is 316 g/mol. The molecule has 6 nitrogen and oxygen atoms in total. The van der Waals surface area contributed by atoms with Crippen molar-refractivity contribution in [3.05, 3.63) is 17.4 Å². The number of anilines is 1. The standard InChI is InChI=1S/C12H17ClN4O2S/c13-10-7-14-12(15-8-10)17-4-2-16(3-5-17)11-1-6-20(18,19)9-11/h7-8,11H,1-6,9H2. The van der Waals surface area contributed by atoms with Crippen molar-refractivity contribution in [2.75, 3.05) is 42.6 Å². The Bertz CT molecular complexity index is 570. The van der Waals surface area contributed by atoms with Gasteiger partial charge in [-0.05, 0) is 6.42 Å². The van der Waals surface area contributed by atoms with Gasteiger partial charge in [-0.25, -0.2) is 18.4 Å². The number of hydrogen-bond donors (Lipinski definition) is 0. The van der Waals surface area contributed by atoms with E-state index in [1.807, 2.05) is 0 Å². The van der Waals surface area contributed by atoms with E-state index in [1.54, 1.807) is 12.4 Å². The molecule has 1 atom stereocenters. The predicted molar refractivity (Wildman–Crippen MR) is 77.9 cm³/mol. The zero-order valence-corrected chi connectivity index (χ0v) is 12.6. The molecule has 0 aromatic carbocycles. The highest BCUT2D eigenvalue weighted by Gasteiger charge is 2.33. The summed E-state index contributed by atoms with van der Waals surface area (Å²) in [6, 6.07) is 0.188. The summed E-state index contributed by atoms with van der Waals surface area (Å²) < 4.78 is 23.1. The van der Waals surface area contributed by atoms with E-state index < -0.39 is 9.84 Å². The molecular formula is C12H17ClN4O2S. The van der Waals surface area contributed by atoms with Gasteiger partial charge in [0.15, 0.2) is 9.84 Å². The summed E-state index contributed by atoms with van der Waals surface area (Å²) >= 11 is 5.78. The number of hydrogen-bond acceptors (Lipinski definition) is 6. The maximum Gasteiger partial charge on any atom is 0.225 e. The average molecular weight is 317 g/mol. The Morgan fingerprint density at radius 1 is 1.15 bits per heavy atom. The third kappa shape index (κ3) is 3.05. The Kier molecular flexibility index (Phi) is 3.83. The number of rotatable bonds is 2. The van der Waals surface area contributed by atoms with Crippen LogP contribution in [0.2, 0.25) is 5.02 Å². The third-order valence-electron chi connectivity index (χ3n) is 3.93. The fraction of sp³-hybridized carbons (Fsp3) is 0.667. The Hall–Kier alpha value is -0.920. The van der Waals surface area contributed by atoms with E-state index in [1.165, 1.54) is 0 Å². The lowest BCUT2D eigenvalue weighted by Gasteiger charge is -2.37. The number of aromatic nitrogens is 2. The molecule has 2 fully saturated rings. The molecule has 1 unspecified atom stereocenters. The van der Waals surface area contributed by atoms with Gasteiger partial charge in [-0.15, -0.1) is 0 Å². The van der Waals surface area contributed by atoms with Crippen LogP contribution in [0.5, 0.6) is 0 Å². The van der Waals surface area contributed by atoms with E-state index in [9.17, 15) is 8.42 Å². The number of nitrogens with zero attached hydrogens (tertiary/aromatic N) is 4. The fourth-order valence-corrected chi connectivity index (χ4v) is 4.68. The first-order valence-corrected chi connectivity index (χ1v) is 8.90. The first-order valence-electron chi connectivity index (χ1n) is 6.70. The van der Waals surface area contributed by atoms with Crippen LogP contribution in [-0.4, -0.2) is 67.0 Å². The van der Waals surface area contributed by atoms with Crippen LogP contribution in [0.1, 0.15) is 6.42 Å². The first-order chi connectivity index (χ1) is 9.53. The van der Waals surface area contributed by atoms with Crippen LogP contribution in [0.4, 0.5) is 5.95 Å². The molecule has 0 aliphatic carbocycles. The lowest BCUT2D eigenvalue weighted by molar-refractivity contribution is 0.200. The van der Waals surface area contributed by atoms with Crippen molar-refractivity contribution in [3.8, 4) is 0 Å². The van der Waals surface area contributed by atoms with Gasteiger partial charge in [-0.2, -0.15) is 0 Å². The van der Waals surface area contributed by atoms with Crippen molar-refractivity contribution in [3.63, 3.8) is 0 Å². The summed E-state index contributed by atoms with van der Waals surface area (Å²) in [6.45, 7) is 3.34. The second-order valence-electron chi connectivity index (χ2n) is 5.28. The van der Waals surface area contributed by atoms with Crippen LogP contribution in [0.3, 0.4) is 0 Å². The molecule has 0 spiro atoms. The summed E-state index contributed by atoms with van der Waals surface area (Å²) in [5.41, 5.74) is 0. The maximum absolute atomic E-state index is 11.5. The minimum Gasteiger partial charge on any atom is -0.338 e. The average Bonchev–Trinajstić information content (AvgIpc) is 2.80. The third-order valence-corrected chi connectivity index (χ3v) is 5.87. The van der Waals surface area contributed by atoms with Crippen molar-refractivity contribution < 1.29 is 8.42 Å². The van der Waals surface area contributed by atoms with Gasteiger partial charge in [-0.1, -0.05) is 11.6 Å². The smallest absolute Gasteiger partial charge is 0.225 e. The Morgan fingerprint density at radius 3 is 2.35 bits per heavy atom. The zero-order valence-electron chi connectivity index (χ0n) is 11.1. The van der Waals surface area contributed by atoms with Crippen molar-refractivity contribution >= 4 is 27.4 Å². The molecule has 0 bridgehead atoms. The summed E-state index contributed by atoms with van der Waals surface area (Å²) in [5, 5.41) is 0.531. The number of sulfone groups is 1. The number of piperazine rings is 1. The van der Waals surface area contributed by atoms with Gasteiger partial charge in [-0.3, -0.25) is 4.90 Å². The number of halogens is 1. The topological polar surface area (TPSA) is 66.4 Å². The van der Waals surface area contributed by atoms with Crippen molar-refractivity contribution in [1.29, 1.82) is 0 Å². The van der Waals surface area contributed by atoms with Gasteiger partial charge in [0.25, 0.3) is 0 Å². The van der Waals surface area contributed by atoms with Crippen LogP contribution < -0.4 is 4.90 Å². The van der Waals surface area contributed by atoms with E-state index in [4.69, 9.17) is 11.6 Å². The molecule has 3 heterocycles. The van der Waals surface area contributed by atoms with Gasteiger partial charge < -0.3 is 4.90 Å². The molecule has 0 saturated carbocycles. The van der Waals surface area contributed by atoms with Crippen molar-refractivity contribution in [2.24, 2.45) is 0 Å². The molecule has 0 amide bonds. The summed E-state index contributed by atoms with van der Waals surface area (Å²) in [4.78, 5) is 12.8. The quantitative estimate of drug-likeness (QED) is 0.789. The largest absolute Gasteiger partial charge is 0.338 e. The fourth-order valence-electron chi connectivity index (χ4n) is 2.82. The van der Waals surface area contributed by atoms with E-state index in [0.717, 1.165) is 32.6 Å². The summed E-state index contributed by atoms with van der Waals surface area (Å²) in [7, 11) is -2.81. The van der Waals surface area contributed by atoms with Gasteiger partial charge in [0.2, 0.25) is 5.95 Å². The van der Waals surface area contributed by atoms with Gasteiger partial charge in [0.05, 0.1) is 28.9 Å². The molecule has 1 aromatic heterocycles.